The lowest BCUT2D eigenvalue weighted by Crippen LogP contribution is -2.40. The smallest absolute Gasteiger partial charge is 0.325 e. The first-order chi connectivity index (χ1) is 6.37. The quantitative estimate of drug-likeness (QED) is 0.471. The van der Waals surface area contributed by atoms with Crippen molar-refractivity contribution in [1.82, 2.24) is 0 Å². The van der Waals surface area contributed by atoms with Crippen molar-refractivity contribution in [3.05, 3.63) is 0 Å². The van der Waals surface area contributed by atoms with Crippen LogP contribution < -0.4 is 11.5 Å². The lowest BCUT2D eigenvalue weighted by Gasteiger charge is -2.22. The van der Waals surface area contributed by atoms with Crippen molar-refractivity contribution in [2.24, 2.45) is 11.5 Å². The molecular formula is C9H20N2O3. The number of hydrogen-bond donors (Lipinski definition) is 2. The highest BCUT2D eigenvalue weighted by atomic mass is 16.6. The van der Waals surface area contributed by atoms with Gasteiger partial charge in [-0.2, -0.15) is 0 Å². The standard InChI is InChI=1S/C9H20N2O3/c1-9(2,3)14-8(12)7(11)6-13-5-4-10/h7H,4-6,10-11H2,1-3H3. The molecule has 0 aliphatic heterocycles. The zero-order chi connectivity index (χ0) is 11.2. The molecule has 4 N–H and O–H groups in total. The molecule has 0 saturated carbocycles. The molecule has 5 nitrogen and oxygen atoms in total. The fourth-order valence-corrected chi connectivity index (χ4v) is 0.739. The van der Waals surface area contributed by atoms with Crippen LogP contribution in [0.1, 0.15) is 20.8 Å². The van der Waals surface area contributed by atoms with Crippen molar-refractivity contribution < 1.29 is 14.3 Å². The van der Waals surface area contributed by atoms with Crippen molar-refractivity contribution in [3.8, 4) is 0 Å². The Hall–Kier alpha value is -0.650. The van der Waals surface area contributed by atoms with Gasteiger partial charge in [0.2, 0.25) is 0 Å². The maximum absolute atomic E-state index is 11.3. The number of ether oxygens (including phenoxy) is 2. The lowest BCUT2D eigenvalue weighted by molar-refractivity contribution is -0.157. The second-order valence-electron chi connectivity index (χ2n) is 4.00. The van der Waals surface area contributed by atoms with E-state index in [-0.39, 0.29) is 6.61 Å². The molecule has 0 rings (SSSR count). The van der Waals surface area contributed by atoms with Gasteiger partial charge >= 0.3 is 5.97 Å². The van der Waals surface area contributed by atoms with E-state index in [0.29, 0.717) is 13.2 Å². The molecule has 0 fully saturated rings. The predicted octanol–water partition coefficient (Wildman–Crippen LogP) is -0.369. The van der Waals surface area contributed by atoms with Crippen molar-refractivity contribution >= 4 is 5.97 Å². The fraction of sp³-hybridized carbons (Fsp3) is 0.889. The highest BCUT2D eigenvalue weighted by Crippen LogP contribution is 2.07. The summed E-state index contributed by atoms with van der Waals surface area (Å²) in [5.41, 5.74) is 10.2. The van der Waals surface area contributed by atoms with E-state index in [0.717, 1.165) is 0 Å². The van der Waals surface area contributed by atoms with Crippen molar-refractivity contribution in [2.45, 2.75) is 32.4 Å². The van der Waals surface area contributed by atoms with Crippen LogP contribution in [0.5, 0.6) is 0 Å². The van der Waals surface area contributed by atoms with Gasteiger partial charge in [0.15, 0.2) is 0 Å². The summed E-state index contributed by atoms with van der Waals surface area (Å²) in [7, 11) is 0. The van der Waals surface area contributed by atoms with E-state index in [2.05, 4.69) is 0 Å². The van der Waals surface area contributed by atoms with Gasteiger partial charge in [-0.25, -0.2) is 0 Å². The van der Waals surface area contributed by atoms with E-state index in [9.17, 15) is 4.79 Å². The fourth-order valence-electron chi connectivity index (χ4n) is 0.739. The maximum Gasteiger partial charge on any atom is 0.325 e. The van der Waals surface area contributed by atoms with Gasteiger partial charge in [0.25, 0.3) is 0 Å². The van der Waals surface area contributed by atoms with Crippen LogP contribution in [0.3, 0.4) is 0 Å². The molecule has 0 heterocycles. The third kappa shape index (κ3) is 6.82. The summed E-state index contributed by atoms with van der Waals surface area (Å²) in [6.45, 7) is 6.33. The van der Waals surface area contributed by atoms with E-state index < -0.39 is 17.6 Å². The number of hydrogen-bond acceptors (Lipinski definition) is 5. The molecule has 84 valence electrons. The Labute approximate surface area is 84.7 Å². The molecule has 0 aromatic carbocycles. The van der Waals surface area contributed by atoms with Crippen LogP contribution in [0.2, 0.25) is 0 Å². The minimum Gasteiger partial charge on any atom is -0.459 e. The van der Waals surface area contributed by atoms with Crippen LogP contribution in [-0.4, -0.2) is 37.4 Å². The molecule has 0 spiro atoms. The highest BCUT2D eigenvalue weighted by molar-refractivity contribution is 5.76. The monoisotopic (exact) mass is 204 g/mol. The zero-order valence-corrected chi connectivity index (χ0v) is 9.08. The summed E-state index contributed by atoms with van der Waals surface area (Å²) in [5, 5.41) is 0. The third-order valence-electron chi connectivity index (χ3n) is 1.27. The predicted molar refractivity (Wildman–Crippen MR) is 53.7 cm³/mol. The molecule has 0 aromatic rings. The Morgan fingerprint density at radius 2 is 2.00 bits per heavy atom. The second kappa shape index (κ2) is 5.95. The lowest BCUT2D eigenvalue weighted by atomic mass is 10.2. The summed E-state index contributed by atoms with van der Waals surface area (Å²) < 4.78 is 10.1. The van der Waals surface area contributed by atoms with Gasteiger partial charge < -0.3 is 20.9 Å². The van der Waals surface area contributed by atoms with Gasteiger partial charge in [-0.05, 0) is 20.8 Å². The van der Waals surface area contributed by atoms with Crippen LogP contribution in [0, 0.1) is 0 Å². The molecule has 1 atom stereocenters. The number of nitrogens with two attached hydrogens (primary N) is 2. The number of carbonyl (C=O) groups is 1. The molecule has 0 aliphatic carbocycles. The van der Waals surface area contributed by atoms with Crippen LogP contribution in [-0.2, 0) is 14.3 Å². The first kappa shape index (κ1) is 13.4. The number of rotatable bonds is 5. The van der Waals surface area contributed by atoms with E-state index in [1.165, 1.54) is 0 Å². The third-order valence-corrected chi connectivity index (χ3v) is 1.27. The molecule has 0 saturated heterocycles. The minimum absolute atomic E-state index is 0.145. The summed E-state index contributed by atoms with van der Waals surface area (Å²) in [5.74, 6) is -0.450. The minimum atomic E-state index is -0.735. The topological polar surface area (TPSA) is 87.6 Å². The molecule has 0 aliphatic rings. The number of esters is 1. The zero-order valence-electron chi connectivity index (χ0n) is 9.08. The molecule has 14 heavy (non-hydrogen) atoms. The van der Waals surface area contributed by atoms with E-state index in [1.807, 2.05) is 0 Å². The van der Waals surface area contributed by atoms with Gasteiger partial charge in [0.05, 0.1) is 13.2 Å². The summed E-state index contributed by atoms with van der Waals surface area (Å²) in [6.07, 6.45) is 0. The molecular weight excluding hydrogens is 184 g/mol. The Kier molecular flexibility index (Phi) is 5.68. The van der Waals surface area contributed by atoms with Crippen molar-refractivity contribution in [3.63, 3.8) is 0 Å². The molecule has 0 radical (unpaired) electrons. The Balaban J connectivity index is 3.77. The first-order valence-corrected chi connectivity index (χ1v) is 4.63. The average Bonchev–Trinajstić information content (AvgIpc) is 2.01. The van der Waals surface area contributed by atoms with E-state index in [4.69, 9.17) is 20.9 Å². The molecule has 0 bridgehead atoms. The second-order valence-corrected chi connectivity index (χ2v) is 4.00. The normalized spacial score (nSPS) is 13.8. The number of carbonyl (C=O) groups excluding carboxylic acids is 1. The maximum atomic E-state index is 11.3. The Morgan fingerprint density at radius 3 is 2.43 bits per heavy atom. The van der Waals surface area contributed by atoms with Crippen LogP contribution in [0.4, 0.5) is 0 Å². The molecule has 0 amide bonds. The van der Waals surface area contributed by atoms with Crippen LogP contribution in [0.15, 0.2) is 0 Å². The van der Waals surface area contributed by atoms with Crippen LogP contribution >= 0.6 is 0 Å². The Bertz CT molecular complexity index is 177. The van der Waals surface area contributed by atoms with E-state index >= 15 is 0 Å². The summed E-state index contributed by atoms with van der Waals surface area (Å²) >= 11 is 0. The van der Waals surface area contributed by atoms with Crippen LogP contribution in [0.25, 0.3) is 0 Å². The van der Waals surface area contributed by atoms with Gasteiger partial charge in [-0.15, -0.1) is 0 Å². The largest absolute Gasteiger partial charge is 0.459 e. The van der Waals surface area contributed by atoms with Gasteiger partial charge in [0, 0.05) is 6.54 Å². The Morgan fingerprint density at radius 1 is 1.43 bits per heavy atom. The van der Waals surface area contributed by atoms with Gasteiger partial charge in [-0.3, -0.25) is 4.79 Å². The first-order valence-electron chi connectivity index (χ1n) is 4.63. The molecule has 5 heteroatoms. The highest BCUT2D eigenvalue weighted by Gasteiger charge is 2.21. The van der Waals surface area contributed by atoms with Gasteiger partial charge in [-0.1, -0.05) is 0 Å². The average molecular weight is 204 g/mol. The van der Waals surface area contributed by atoms with Gasteiger partial charge in [0.1, 0.15) is 11.6 Å². The summed E-state index contributed by atoms with van der Waals surface area (Å²) in [4.78, 5) is 11.3. The molecule has 1 unspecified atom stereocenters. The molecule has 0 aromatic heterocycles. The van der Waals surface area contributed by atoms with E-state index in [1.54, 1.807) is 20.8 Å². The SMILES string of the molecule is CC(C)(C)OC(=O)C(N)COCCN. The van der Waals surface area contributed by atoms with Crippen molar-refractivity contribution in [2.75, 3.05) is 19.8 Å². The summed E-state index contributed by atoms with van der Waals surface area (Å²) in [6, 6.07) is -0.735. The van der Waals surface area contributed by atoms with Crippen molar-refractivity contribution in [1.29, 1.82) is 0 Å².